The average molecular weight is 243 g/mol. The fraction of sp³-hybridized carbons (Fsp3) is 0.125. The second-order valence-corrected chi connectivity index (χ2v) is 4.35. The van der Waals surface area contributed by atoms with Gasteiger partial charge in [0.25, 0.3) is 0 Å². The van der Waals surface area contributed by atoms with Crippen LogP contribution in [-0.4, -0.2) is 4.98 Å². The van der Waals surface area contributed by atoms with Crippen molar-refractivity contribution in [1.82, 2.24) is 4.98 Å². The van der Waals surface area contributed by atoms with Crippen LogP contribution in [0.3, 0.4) is 0 Å². The molecular weight excluding hydrogens is 236 g/mol. The quantitative estimate of drug-likeness (QED) is 0.772. The van der Waals surface area contributed by atoms with Crippen LogP contribution in [0.4, 0.5) is 5.82 Å². The molecule has 0 bridgehead atoms. The summed E-state index contributed by atoms with van der Waals surface area (Å²) in [6, 6.07) is 0. The summed E-state index contributed by atoms with van der Waals surface area (Å²) in [6.45, 7) is 2.04. The Balaban J connectivity index is 2.98. The van der Waals surface area contributed by atoms with Crippen LogP contribution in [0.25, 0.3) is 10.1 Å². The third kappa shape index (κ3) is 1.03. The summed E-state index contributed by atoms with van der Waals surface area (Å²) in [5, 5.41) is 3.17. The average Bonchev–Trinajstić information content (AvgIpc) is 2.42. The van der Waals surface area contributed by atoms with Gasteiger partial charge in [0.2, 0.25) is 0 Å². The second kappa shape index (κ2) is 2.71. The van der Waals surface area contributed by atoms with Crippen molar-refractivity contribution < 1.29 is 0 Å². The Morgan fingerprint density at radius 1 is 1.58 bits per heavy atom. The summed E-state index contributed by atoms with van der Waals surface area (Å²) in [5.74, 6) is 0.618. The van der Waals surface area contributed by atoms with E-state index in [9.17, 15) is 0 Å². The number of hydrogen-bond acceptors (Lipinski definition) is 3. The summed E-state index contributed by atoms with van der Waals surface area (Å²) in [6.07, 6.45) is 1.74. The Bertz CT molecular complexity index is 436. The van der Waals surface area contributed by atoms with Gasteiger partial charge in [0.05, 0.1) is 9.17 Å². The Morgan fingerprint density at radius 3 is 3.00 bits per heavy atom. The lowest BCUT2D eigenvalue weighted by Crippen LogP contribution is -1.90. The molecule has 2 heterocycles. The first kappa shape index (κ1) is 8.01. The first-order chi connectivity index (χ1) is 5.70. The molecule has 0 amide bonds. The van der Waals surface area contributed by atoms with Crippen LogP contribution in [0.15, 0.2) is 16.0 Å². The molecule has 0 spiro atoms. The minimum absolute atomic E-state index is 0.618. The maximum absolute atomic E-state index is 5.75. The van der Waals surface area contributed by atoms with Crippen LogP contribution in [0.5, 0.6) is 0 Å². The van der Waals surface area contributed by atoms with E-state index in [2.05, 4.69) is 26.3 Å². The molecule has 2 aromatic heterocycles. The predicted molar refractivity (Wildman–Crippen MR) is 56.5 cm³/mol. The van der Waals surface area contributed by atoms with Crippen molar-refractivity contribution in [2.45, 2.75) is 6.92 Å². The van der Waals surface area contributed by atoms with Gasteiger partial charge < -0.3 is 5.73 Å². The highest BCUT2D eigenvalue weighted by Crippen LogP contribution is 2.34. The van der Waals surface area contributed by atoms with Crippen molar-refractivity contribution in [2.75, 3.05) is 5.73 Å². The van der Waals surface area contributed by atoms with Crippen LogP contribution in [0, 0.1) is 6.92 Å². The zero-order valence-electron chi connectivity index (χ0n) is 6.47. The standard InChI is InChI=1S/C8H7BrN2S/c1-4-3-12-7-5(9)2-11-8(10)6(4)7/h2-3H,1H3,(H2,10,11). The van der Waals surface area contributed by atoms with Gasteiger partial charge in [-0.3, -0.25) is 0 Å². The van der Waals surface area contributed by atoms with Crippen molar-refractivity contribution in [3.05, 3.63) is 21.6 Å². The van der Waals surface area contributed by atoms with E-state index in [-0.39, 0.29) is 0 Å². The molecule has 0 radical (unpaired) electrons. The minimum atomic E-state index is 0.618. The van der Waals surface area contributed by atoms with Gasteiger partial charge in [0, 0.05) is 11.6 Å². The van der Waals surface area contributed by atoms with Gasteiger partial charge in [-0.1, -0.05) is 0 Å². The fourth-order valence-corrected chi connectivity index (χ4v) is 2.73. The Hall–Kier alpha value is -0.610. The van der Waals surface area contributed by atoms with Gasteiger partial charge in [0.15, 0.2) is 0 Å². The van der Waals surface area contributed by atoms with Crippen LogP contribution < -0.4 is 5.73 Å². The molecule has 0 atom stereocenters. The minimum Gasteiger partial charge on any atom is -0.383 e. The highest BCUT2D eigenvalue weighted by atomic mass is 79.9. The Kier molecular flexibility index (Phi) is 1.81. The summed E-state index contributed by atoms with van der Waals surface area (Å²) in [5.41, 5.74) is 6.94. The van der Waals surface area contributed by atoms with E-state index in [0.29, 0.717) is 5.82 Å². The van der Waals surface area contributed by atoms with Gasteiger partial charge in [-0.25, -0.2) is 4.98 Å². The number of nitrogen functional groups attached to an aromatic ring is 1. The lowest BCUT2D eigenvalue weighted by molar-refractivity contribution is 1.35. The zero-order valence-corrected chi connectivity index (χ0v) is 8.87. The largest absolute Gasteiger partial charge is 0.383 e. The molecule has 2 nitrogen and oxygen atoms in total. The number of rotatable bonds is 0. The van der Waals surface area contributed by atoms with Crippen LogP contribution in [0.2, 0.25) is 0 Å². The summed E-state index contributed by atoms with van der Waals surface area (Å²) in [4.78, 5) is 4.08. The van der Waals surface area contributed by atoms with Gasteiger partial charge in [-0.05, 0) is 33.8 Å². The maximum atomic E-state index is 5.75. The van der Waals surface area contributed by atoms with Crippen molar-refractivity contribution in [2.24, 2.45) is 0 Å². The molecule has 0 fully saturated rings. The normalized spacial score (nSPS) is 10.8. The van der Waals surface area contributed by atoms with Crippen molar-refractivity contribution in [3.8, 4) is 0 Å². The number of anilines is 1. The SMILES string of the molecule is Cc1csc2c(Br)cnc(N)c12. The van der Waals surface area contributed by atoms with Crippen molar-refractivity contribution in [3.63, 3.8) is 0 Å². The number of fused-ring (bicyclic) bond motifs is 1. The van der Waals surface area contributed by atoms with Gasteiger partial charge in [-0.15, -0.1) is 11.3 Å². The van der Waals surface area contributed by atoms with Crippen LogP contribution in [0.1, 0.15) is 5.56 Å². The molecule has 0 unspecified atom stereocenters. The summed E-state index contributed by atoms with van der Waals surface area (Å²) >= 11 is 5.12. The number of pyridine rings is 1. The fourth-order valence-electron chi connectivity index (χ4n) is 1.19. The van der Waals surface area contributed by atoms with Crippen molar-refractivity contribution in [1.29, 1.82) is 0 Å². The van der Waals surface area contributed by atoms with Crippen LogP contribution in [-0.2, 0) is 0 Å². The smallest absolute Gasteiger partial charge is 0.132 e. The molecule has 0 saturated heterocycles. The lowest BCUT2D eigenvalue weighted by Gasteiger charge is -1.97. The van der Waals surface area contributed by atoms with E-state index in [4.69, 9.17) is 5.73 Å². The molecular formula is C8H7BrN2S. The Morgan fingerprint density at radius 2 is 2.33 bits per heavy atom. The number of nitrogens with zero attached hydrogens (tertiary/aromatic N) is 1. The molecule has 0 saturated carbocycles. The number of aryl methyl sites for hydroxylation is 1. The molecule has 2 aromatic rings. The highest BCUT2D eigenvalue weighted by molar-refractivity contribution is 9.10. The molecule has 0 aromatic carbocycles. The number of nitrogens with two attached hydrogens (primary N) is 1. The number of thiophene rings is 1. The third-order valence-corrected chi connectivity index (χ3v) is 3.76. The van der Waals surface area contributed by atoms with Gasteiger partial charge >= 0.3 is 0 Å². The van der Waals surface area contributed by atoms with E-state index in [1.807, 2.05) is 6.92 Å². The Labute approximate surface area is 82.5 Å². The maximum Gasteiger partial charge on any atom is 0.132 e. The number of aromatic nitrogens is 1. The number of hydrogen-bond donors (Lipinski definition) is 1. The van der Waals surface area contributed by atoms with E-state index in [1.165, 1.54) is 10.3 Å². The lowest BCUT2D eigenvalue weighted by atomic mass is 10.2. The van der Waals surface area contributed by atoms with Crippen LogP contribution >= 0.6 is 27.3 Å². The van der Waals surface area contributed by atoms with E-state index in [1.54, 1.807) is 17.5 Å². The van der Waals surface area contributed by atoms with Gasteiger partial charge in [-0.2, -0.15) is 0 Å². The highest BCUT2D eigenvalue weighted by Gasteiger charge is 2.07. The zero-order chi connectivity index (χ0) is 8.72. The summed E-state index contributed by atoms with van der Waals surface area (Å²) < 4.78 is 2.20. The molecule has 0 aliphatic rings. The molecule has 0 aliphatic carbocycles. The molecule has 4 heteroatoms. The molecule has 2 N–H and O–H groups in total. The second-order valence-electron chi connectivity index (χ2n) is 2.61. The molecule has 12 heavy (non-hydrogen) atoms. The summed E-state index contributed by atoms with van der Waals surface area (Å²) in [7, 11) is 0. The van der Waals surface area contributed by atoms with Crippen molar-refractivity contribution >= 4 is 43.2 Å². The molecule has 62 valence electrons. The van der Waals surface area contributed by atoms with Gasteiger partial charge in [0.1, 0.15) is 5.82 Å². The molecule has 0 aliphatic heterocycles. The van der Waals surface area contributed by atoms with E-state index in [0.717, 1.165) is 9.86 Å². The monoisotopic (exact) mass is 242 g/mol. The third-order valence-electron chi connectivity index (χ3n) is 1.76. The predicted octanol–water partition coefficient (Wildman–Crippen LogP) is 2.95. The first-order valence-electron chi connectivity index (χ1n) is 3.48. The van der Waals surface area contributed by atoms with E-state index < -0.39 is 0 Å². The van der Waals surface area contributed by atoms with E-state index >= 15 is 0 Å². The topological polar surface area (TPSA) is 38.9 Å². The first-order valence-corrected chi connectivity index (χ1v) is 5.15. The molecule has 2 rings (SSSR count). The number of halogens is 1.